The predicted molar refractivity (Wildman–Crippen MR) is 80.8 cm³/mol. The van der Waals surface area contributed by atoms with Crippen molar-refractivity contribution in [2.24, 2.45) is 5.92 Å². The molecular weight excluding hydrogens is 262 g/mol. The van der Waals surface area contributed by atoms with Crippen LogP contribution in [0, 0.1) is 5.92 Å². The molecule has 2 aliphatic heterocycles. The summed E-state index contributed by atoms with van der Waals surface area (Å²) in [5.41, 5.74) is 0. The van der Waals surface area contributed by atoms with Crippen molar-refractivity contribution in [2.75, 3.05) is 45.8 Å². The molecule has 2 heterocycles. The highest BCUT2D eigenvalue weighted by molar-refractivity contribution is 5.85. The number of rotatable bonds is 4. The van der Waals surface area contributed by atoms with E-state index in [0.717, 1.165) is 38.6 Å². The van der Waals surface area contributed by atoms with E-state index in [1.54, 1.807) is 0 Å². The van der Waals surface area contributed by atoms with Crippen LogP contribution in [0.1, 0.15) is 32.6 Å². The minimum Gasteiger partial charge on any atom is -0.340 e. The van der Waals surface area contributed by atoms with Crippen LogP contribution in [-0.2, 0) is 4.79 Å². The van der Waals surface area contributed by atoms with Crippen molar-refractivity contribution in [3.05, 3.63) is 0 Å². The van der Waals surface area contributed by atoms with E-state index in [0.29, 0.717) is 12.3 Å². The average molecular weight is 290 g/mol. The van der Waals surface area contributed by atoms with Gasteiger partial charge in [-0.15, -0.1) is 12.4 Å². The van der Waals surface area contributed by atoms with Gasteiger partial charge in [0, 0.05) is 39.1 Å². The molecule has 4 nitrogen and oxygen atoms in total. The third kappa shape index (κ3) is 5.28. The minimum absolute atomic E-state index is 0. The lowest BCUT2D eigenvalue weighted by atomic mass is 9.94. The minimum atomic E-state index is 0. The first-order valence-corrected chi connectivity index (χ1v) is 7.50. The maximum atomic E-state index is 12.0. The molecule has 19 heavy (non-hydrogen) atoms. The van der Waals surface area contributed by atoms with Gasteiger partial charge in [0.1, 0.15) is 0 Å². The first kappa shape index (κ1) is 16.7. The Hall–Kier alpha value is -0.320. The molecule has 0 atom stereocenters. The number of piperazine rings is 1. The Balaban J connectivity index is 0.00000180. The highest BCUT2D eigenvalue weighted by atomic mass is 35.5. The van der Waals surface area contributed by atoms with Gasteiger partial charge in [0.15, 0.2) is 0 Å². The molecule has 0 unspecified atom stereocenters. The topological polar surface area (TPSA) is 35.6 Å². The van der Waals surface area contributed by atoms with Crippen LogP contribution in [0.5, 0.6) is 0 Å². The Morgan fingerprint density at radius 3 is 2.37 bits per heavy atom. The van der Waals surface area contributed by atoms with Crippen LogP contribution in [0.3, 0.4) is 0 Å². The van der Waals surface area contributed by atoms with Gasteiger partial charge in [0.2, 0.25) is 5.91 Å². The molecule has 2 fully saturated rings. The standard InChI is InChI=1S/C14H27N3O.ClH/c1-2-13-3-8-16(9-4-13)10-5-14(18)17-11-6-15-7-12-17;/h13,15H,2-12H2,1H3;1H. The molecule has 0 aliphatic carbocycles. The molecular formula is C14H28ClN3O. The fraction of sp³-hybridized carbons (Fsp3) is 0.929. The van der Waals surface area contributed by atoms with Crippen LogP contribution in [-0.4, -0.2) is 61.5 Å². The maximum absolute atomic E-state index is 12.0. The van der Waals surface area contributed by atoms with Gasteiger partial charge in [-0.3, -0.25) is 4.79 Å². The summed E-state index contributed by atoms with van der Waals surface area (Å²) in [4.78, 5) is 16.5. The number of carbonyl (C=O) groups is 1. The molecule has 112 valence electrons. The molecule has 0 aromatic heterocycles. The van der Waals surface area contributed by atoms with E-state index in [9.17, 15) is 4.79 Å². The fourth-order valence-electron chi connectivity index (χ4n) is 2.94. The molecule has 2 aliphatic rings. The molecule has 0 spiro atoms. The highest BCUT2D eigenvalue weighted by Crippen LogP contribution is 2.19. The Kier molecular flexibility index (Phi) is 7.73. The Morgan fingerprint density at radius 2 is 1.79 bits per heavy atom. The summed E-state index contributed by atoms with van der Waals surface area (Å²) in [5.74, 6) is 1.26. The van der Waals surface area contributed by atoms with Crippen molar-refractivity contribution in [3.63, 3.8) is 0 Å². The number of halogens is 1. The first-order chi connectivity index (χ1) is 8.79. The van der Waals surface area contributed by atoms with Gasteiger partial charge in [-0.05, 0) is 31.8 Å². The second kappa shape index (κ2) is 8.77. The van der Waals surface area contributed by atoms with Crippen LogP contribution >= 0.6 is 12.4 Å². The highest BCUT2D eigenvalue weighted by Gasteiger charge is 2.20. The first-order valence-electron chi connectivity index (χ1n) is 7.50. The van der Waals surface area contributed by atoms with Crippen LogP contribution in [0.15, 0.2) is 0 Å². The van der Waals surface area contributed by atoms with Gasteiger partial charge < -0.3 is 15.1 Å². The number of piperidine rings is 1. The summed E-state index contributed by atoms with van der Waals surface area (Å²) in [5, 5.41) is 3.28. The second-order valence-electron chi connectivity index (χ2n) is 5.57. The van der Waals surface area contributed by atoms with Gasteiger partial charge in [0.25, 0.3) is 0 Å². The molecule has 2 rings (SSSR count). The molecule has 0 aromatic carbocycles. The monoisotopic (exact) mass is 289 g/mol. The van der Waals surface area contributed by atoms with Crippen molar-refractivity contribution in [1.29, 1.82) is 0 Å². The van der Waals surface area contributed by atoms with E-state index < -0.39 is 0 Å². The van der Waals surface area contributed by atoms with E-state index in [2.05, 4.69) is 17.1 Å². The van der Waals surface area contributed by atoms with Gasteiger partial charge >= 0.3 is 0 Å². The third-order valence-corrected chi connectivity index (χ3v) is 4.40. The number of carbonyl (C=O) groups excluding carboxylic acids is 1. The van der Waals surface area contributed by atoms with E-state index in [1.807, 2.05) is 4.90 Å². The van der Waals surface area contributed by atoms with E-state index in [4.69, 9.17) is 0 Å². The van der Waals surface area contributed by atoms with Crippen LogP contribution in [0.25, 0.3) is 0 Å². The Bertz CT molecular complexity index is 261. The quantitative estimate of drug-likeness (QED) is 0.849. The zero-order chi connectivity index (χ0) is 12.8. The van der Waals surface area contributed by atoms with Gasteiger partial charge in [-0.2, -0.15) is 0 Å². The van der Waals surface area contributed by atoms with E-state index >= 15 is 0 Å². The summed E-state index contributed by atoms with van der Waals surface area (Å²) in [6.45, 7) is 9.29. The van der Waals surface area contributed by atoms with Crippen molar-refractivity contribution < 1.29 is 4.79 Å². The van der Waals surface area contributed by atoms with Crippen molar-refractivity contribution in [2.45, 2.75) is 32.6 Å². The van der Waals surface area contributed by atoms with Crippen LogP contribution in [0.2, 0.25) is 0 Å². The average Bonchev–Trinajstić information content (AvgIpc) is 2.46. The molecule has 1 N–H and O–H groups in total. The summed E-state index contributed by atoms with van der Waals surface area (Å²) in [6.07, 6.45) is 4.65. The van der Waals surface area contributed by atoms with E-state index in [-0.39, 0.29) is 12.4 Å². The predicted octanol–water partition coefficient (Wildman–Crippen LogP) is 1.35. The lowest BCUT2D eigenvalue weighted by molar-refractivity contribution is -0.132. The molecule has 0 radical (unpaired) electrons. The smallest absolute Gasteiger partial charge is 0.223 e. The molecule has 0 saturated carbocycles. The Morgan fingerprint density at radius 1 is 1.16 bits per heavy atom. The summed E-state index contributed by atoms with van der Waals surface area (Å²) in [6, 6.07) is 0. The molecule has 0 bridgehead atoms. The van der Waals surface area contributed by atoms with Crippen LogP contribution in [0.4, 0.5) is 0 Å². The van der Waals surface area contributed by atoms with Gasteiger partial charge in [-0.1, -0.05) is 13.3 Å². The fourth-order valence-corrected chi connectivity index (χ4v) is 2.94. The maximum Gasteiger partial charge on any atom is 0.223 e. The van der Waals surface area contributed by atoms with Crippen molar-refractivity contribution in [3.8, 4) is 0 Å². The number of amides is 1. The second-order valence-corrected chi connectivity index (χ2v) is 5.57. The number of nitrogens with one attached hydrogen (secondary N) is 1. The van der Waals surface area contributed by atoms with Crippen molar-refractivity contribution >= 4 is 18.3 Å². The number of nitrogens with zero attached hydrogens (tertiary/aromatic N) is 2. The lowest BCUT2D eigenvalue weighted by Gasteiger charge is -2.32. The molecule has 1 amide bonds. The number of likely N-dealkylation sites (tertiary alicyclic amines) is 1. The zero-order valence-electron chi connectivity index (χ0n) is 12.1. The summed E-state index contributed by atoms with van der Waals surface area (Å²) in [7, 11) is 0. The van der Waals surface area contributed by atoms with Crippen molar-refractivity contribution in [1.82, 2.24) is 15.1 Å². The van der Waals surface area contributed by atoms with Gasteiger partial charge in [0.05, 0.1) is 0 Å². The number of hydrogen-bond acceptors (Lipinski definition) is 3. The molecule has 5 heteroatoms. The number of hydrogen-bond donors (Lipinski definition) is 1. The molecule has 0 aromatic rings. The Labute approximate surface area is 123 Å². The molecule has 2 saturated heterocycles. The normalized spacial score (nSPS) is 22.1. The van der Waals surface area contributed by atoms with Crippen LogP contribution < -0.4 is 5.32 Å². The zero-order valence-corrected chi connectivity index (χ0v) is 12.9. The van der Waals surface area contributed by atoms with Gasteiger partial charge in [-0.25, -0.2) is 0 Å². The van der Waals surface area contributed by atoms with E-state index in [1.165, 1.54) is 32.4 Å². The third-order valence-electron chi connectivity index (χ3n) is 4.40. The SMILES string of the molecule is CCC1CCN(CCC(=O)N2CCNCC2)CC1.Cl. The summed E-state index contributed by atoms with van der Waals surface area (Å²) >= 11 is 0. The summed E-state index contributed by atoms with van der Waals surface area (Å²) < 4.78 is 0. The largest absolute Gasteiger partial charge is 0.340 e. The lowest BCUT2D eigenvalue weighted by Crippen LogP contribution is -2.47.